The summed E-state index contributed by atoms with van der Waals surface area (Å²) >= 11 is 1.20. The zero-order valence-corrected chi connectivity index (χ0v) is 17.9. The molecule has 3 rings (SSSR count). The number of carbonyl (C=O) groups excluding carboxylic acids is 2. The van der Waals surface area contributed by atoms with Crippen molar-refractivity contribution in [3.8, 4) is 0 Å². The van der Waals surface area contributed by atoms with Gasteiger partial charge in [-0.05, 0) is 43.3 Å². The quantitative estimate of drug-likeness (QED) is 0.698. The van der Waals surface area contributed by atoms with E-state index >= 15 is 0 Å². The summed E-state index contributed by atoms with van der Waals surface area (Å²) in [6, 6.07) is 9.28. The van der Waals surface area contributed by atoms with E-state index in [-0.39, 0.29) is 35.5 Å². The van der Waals surface area contributed by atoms with Gasteiger partial charge >= 0.3 is 0 Å². The molecule has 1 saturated heterocycles. The van der Waals surface area contributed by atoms with Crippen LogP contribution in [0.4, 0.5) is 18.9 Å². The van der Waals surface area contributed by atoms with E-state index < -0.39 is 16.9 Å². The Kier molecular flexibility index (Phi) is 7.97. The highest BCUT2D eigenvalue weighted by atomic mass is 32.2. The van der Waals surface area contributed by atoms with Crippen LogP contribution in [-0.2, 0) is 9.59 Å². The minimum Gasteiger partial charge on any atom is -0.339 e. The Balaban J connectivity index is 1.41. The highest BCUT2D eigenvalue weighted by Crippen LogP contribution is 2.32. The first kappa shape index (κ1) is 23.1. The summed E-state index contributed by atoms with van der Waals surface area (Å²) in [5.41, 5.74) is 0.509. The van der Waals surface area contributed by atoms with E-state index in [1.807, 2.05) is 4.90 Å². The Bertz CT molecular complexity index is 898. The summed E-state index contributed by atoms with van der Waals surface area (Å²) in [5, 5.41) is 2.23. The molecule has 1 aliphatic heterocycles. The SMILES string of the molecule is CC(SCC(=O)N1CCN(CC(=O)Nc2ccc(F)cc2)CC1)c1c(F)cccc1F. The van der Waals surface area contributed by atoms with Gasteiger partial charge < -0.3 is 10.2 Å². The minimum absolute atomic E-state index is 0.0164. The van der Waals surface area contributed by atoms with Crippen molar-refractivity contribution in [2.45, 2.75) is 12.2 Å². The molecular formula is C22H24F3N3O2S. The number of carbonyl (C=O) groups is 2. The largest absolute Gasteiger partial charge is 0.339 e. The van der Waals surface area contributed by atoms with E-state index in [2.05, 4.69) is 5.32 Å². The van der Waals surface area contributed by atoms with Crippen LogP contribution in [-0.4, -0.2) is 60.1 Å². The number of nitrogens with zero attached hydrogens (tertiary/aromatic N) is 2. The van der Waals surface area contributed by atoms with Crippen molar-refractivity contribution < 1.29 is 22.8 Å². The van der Waals surface area contributed by atoms with Gasteiger partial charge in [-0.15, -0.1) is 11.8 Å². The van der Waals surface area contributed by atoms with Gasteiger partial charge in [-0.1, -0.05) is 6.07 Å². The van der Waals surface area contributed by atoms with Crippen LogP contribution in [0.25, 0.3) is 0 Å². The Morgan fingerprint density at radius 1 is 1.00 bits per heavy atom. The maximum Gasteiger partial charge on any atom is 0.238 e. The van der Waals surface area contributed by atoms with E-state index in [9.17, 15) is 22.8 Å². The monoisotopic (exact) mass is 451 g/mol. The van der Waals surface area contributed by atoms with Gasteiger partial charge in [0.1, 0.15) is 17.5 Å². The molecule has 2 amide bonds. The van der Waals surface area contributed by atoms with Crippen molar-refractivity contribution in [1.82, 2.24) is 9.80 Å². The second-order valence-corrected chi connectivity index (χ2v) is 8.63. The topological polar surface area (TPSA) is 52.7 Å². The van der Waals surface area contributed by atoms with Crippen molar-refractivity contribution in [1.29, 1.82) is 0 Å². The van der Waals surface area contributed by atoms with E-state index in [1.165, 1.54) is 54.2 Å². The van der Waals surface area contributed by atoms with E-state index in [0.29, 0.717) is 31.9 Å². The number of anilines is 1. The number of thioether (sulfide) groups is 1. The first-order valence-electron chi connectivity index (χ1n) is 9.94. The predicted octanol–water partition coefficient (Wildman–Crippen LogP) is 3.68. The molecule has 1 heterocycles. The molecule has 0 radical (unpaired) electrons. The van der Waals surface area contributed by atoms with Crippen LogP contribution in [0.1, 0.15) is 17.7 Å². The lowest BCUT2D eigenvalue weighted by atomic mass is 10.1. The van der Waals surface area contributed by atoms with Gasteiger partial charge in [0.05, 0.1) is 12.3 Å². The van der Waals surface area contributed by atoms with E-state index in [4.69, 9.17) is 0 Å². The third-order valence-corrected chi connectivity index (χ3v) is 6.23. The van der Waals surface area contributed by atoms with Crippen molar-refractivity contribution in [2.24, 2.45) is 0 Å². The number of benzene rings is 2. The first-order valence-corrected chi connectivity index (χ1v) is 11.0. The third-order valence-electron chi connectivity index (χ3n) is 5.08. The molecule has 9 heteroatoms. The van der Waals surface area contributed by atoms with Crippen LogP contribution in [0.3, 0.4) is 0 Å². The molecule has 0 aromatic heterocycles. The Labute approximate surface area is 183 Å². The fourth-order valence-corrected chi connectivity index (χ4v) is 4.33. The first-order chi connectivity index (χ1) is 14.8. The molecule has 166 valence electrons. The molecule has 5 nitrogen and oxygen atoms in total. The summed E-state index contributed by atoms with van der Waals surface area (Å²) in [6.45, 7) is 3.90. The predicted molar refractivity (Wildman–Crippen MR) is 115 cm³/mol. The van der Waals surface area contributed by atoms with Gasteiger partial charge in [-0.2, -0.15) is 0 Å². The van der Waals surface area contributed by atoms with Crippen molar-refractivity contribution in [3.63, 3.8) is 0 Å². The molecule has 1 aliphatic rings. The van der Waals surface area contributed by atoms with Gasteiger partial charge in [0.25, 0.3) is 0 Å². The summed E-state index contributed by atoms with van der Waals surface area (Å²) in [7, 11) is 0. The molecule has 0 aliphatic carbocycles. The van der Waals surface area contributed by atoms with Gasteiger partial charge in [-0.25, -0.2) is 13.2 Å². The summed E-state index contributed by atoms with van der Waals surface area (Å²) in [5.74, 6) is -1.77. The fourth-order valence-electron chi connectivity index (χ4n) is 3.36. The van der Waals surface area contributed by atoms with Crippen LogP contribution >= 0.6 is 11.8 Å². The molecule has 1 atom stereocenters. The van der Waals surface area contributed by atoms with Crippen molar-refractivity contribution in [3.05, 3.63) is 65.5 Å². The van der Waals surface area contributed by atoms with Crippen LogP contribution in [0.15, 0.2) is 42.5 Å². The van der Waals surface area contributed by atoms with Gasteiger partial charge in [0.2, 0.25) is 11.8 Å². The van der Waals surface area contributed by atoms with Gasteiger partial charge in [0.15, 0.2) is 0 Å². The van der Waals surface area contributed by atoms with Crippen LogP contribution < -0.4 is 5.32 Å². The lowest BCUT2D eigenvalue weighted by Crippen LogP contribution is -2.50. The molecule has 31 heavy (non-hydrogen) atoms. The summed E-state index contributed by atoms with van der Waals surface area (Å²) in [4.78, 5) is 28.3. The average Bonchev–Trinajstić information content (AvgIpc) is 2.74. The third kappa shape index (κ3) is 6.48. The molecule has 0 saturated carbocycles. The van der Waals surface area contributed by atoms with Crippen molar-refractivity contribution >= 4 is 29.3 Å². The van der Waals surface area contributed by atoms with E-state index in [0.717, 1.165) is 0 Å². The second kappa shape index (κ2) is 10.7. The summed E-state index contributed by atoms with van der Waals surface area (Å²) in [6.07, 6.45) is 0. The Hall–Kier alpha value is -2.52. The Morgan fingerprint density at radius 3 is 2.23 bits per heavy atom. The zero-order valence-electron chi connectivity index (χ0n) is 17.1. The highest BCUT2D eigenvalue weighted by Gasteiger charge is 2.24. The van der Waals surface area contributed by atoms with Gasteiger partial charge in [0, 0.05) is 42.7 Å². The lowest BCUT2D eigenvalue weighted by molar-refractivity contribution is -0.130. The maximum atomic E-state index is 13.9. The number of halogens is 3. The maximum absolute atomic E-state index is 13.9. The van der Waals surface area contributed by atoms with E-state index in [1.54, 1.807) is 11.8 Å². The number of rotatable bonds is 7. The molecule has 2 aromatic rings. The zero-order chi connectivity index (χ0) is 22.4. The average molecular weight is 452 g/mol. The number of piperazine rings is 1. The molecule has 1 N–H and O–H groups in total. The minimum atomic E-state index is -0.611. The Morgan fingerprint density at radius 2 is 1.61 bits per heavy atom. The normalized spacial score (nSPS) is 15.5. The lowest BCUT2D eigenvalue weighted by Gasteiger charge is -2.34. The van der Waals surface area contributed by atoms with Gasteiger partial charge in [-0.3, -0.25) is 14.5 Å². The molecule has 1 unspecified atom stereocenters. The highest BCUT2D eigenvalue weighted by molar-refractivity contribution is 8.00. The van der Waals surface area contributed by atoms with Crippen LogP contribution in [0, 0.1) is 17.5 Å². The number of amides is 2. The molecule has 0 spiro atoms. The second-order valence-electron chi connectivity index (χ2n) is 7.30. The molecule has 1 fully saturated rings. The molecule has 2 aromatic carbocycles. The number of hydrogen-bond acceptors (Lipinski definition) is 4. The molecule has 0 bridgehead atoms. The number of nitrogens with one attached hydrogen (secondary N) is 1. The van der Waals surface area contributed by atoms with Crippen molar-refractivity contribution in [2.75, 3.05) is 43.8 Å². The van der Waals surface area contributed by atoms with Crippen LogP contribution in [0.5, 0.6) is 0 Å². The van der Waals surface area contributed by atoms with Crippen LogP contribution in [0.2, 0.25) is 0 Å². The number of hydrogen-bond donors (Lipinski definition) is 1. The summed E-state index contributed by atoms with van der Waals surface area (Å²) < 4.78 is 40.7. The standard InChI is InChI=1S/C22H24F3N3O2S/c1-15(22-18(24)3-2-4-19(22)25)31-14-21(30)28-11-9-27(10-12-28)13-20(29)26-17-7-5-16(23)6-8-17/h2-8,15H,9-14H2,1H3,(H,26,29). The smallest absolute Gasteiger partial charge is 0.238 e. The molecular weight excluding hydrogens is 427 g/mol. The fraction of sp³-hybridized carbons (Fsp3) is 0.364.